The molecule has 0 bridgehead atoms. The van der Waals surface area contributed by atoms with Crippen LogP contribution < -0.4 is 25.6 Å². The first-order chi connectivity index (χ1) is 17.2. The summed E-state index contributed by atoms with van der Waals surface area (Å²) in [6.07, 6.45) is 3.37. The van der Waals surface area contributed by atoms with Crippen molar-refractivity contribution >= 4 is 35.7 Å². The molecular weight excluding hydrogens is 442 g/mol. The van der Waals surface area contributed by atoms with E-state index in [0.717, 1.165) is 28.3 Å². The lowest BCUT2D eigenvalue weighted by molar-refractivity contribution is 0.414. The van der Waals surface area contributed by atoms with E-state index in [2.05, 4.69) is 36.3 Å². The van der Waals surface area contributed by atoms with Crippen LogP contribution in [-0.2, 0) is 0 Å². The number of rotatable bonds is 10. The summed E-state index contributed by atoms with van der Waals surface area (Å²) in [4.78, 5) is 8.95. The Morgan fingerprint density at radius 2 is 1.20 bits per heavy atom. The van der Waals surface area contributed by atoms with Gasteiger partial charge in [0, 0.05) is 11.8 Å². The Morgan fingerprint density at radius 1 is 0.657 bits per heavy atom. The van der Waals surface area contributed by atoms with Gasteiger partial charge in [0.2, 0.25) is 5.95 Å². The maximum Gasteiger partial charge on any atom is 0.247 e. The van der Waals surface area contributed by atoms with Gasteiger partial charge in [-0.25, -0.2) is 5.43 Å². The average molecular weight is 468 g/mol. The number of hydrogen-bond donors (Lipinski definition) is 3. The second kappa shape index (κ2) is 11.8. The van der Waals surface area contributed by atoms with Crippen LogP contribution in [0.4, 0.5) is 23.3 Å². The molecule has 4 rings (SSSR count). The summed E-state index contributed by atoms with van der Waals surface area (Å²) in [7, 11) is 3.26. The lowest BCUT2D eigenvalue weighted by Gasteiger charge is -2.09. The van der Waals surface area contributed by atoms with Crippen molar-refractivity contribution < 1.29 is 9.47 Å². The summed E-state index contributed by atoms with van der Waals surface area (Å²) in [5, 5.41) is 11.8. The van der Waals surface area contributed by atoms with Gasteiger partial charge in [0.05, 0.1) is 26.6 Å². The zero-order valence-corrected chi connectivity index (χ0v) is 19.3. The molecule has 0 radical (unpaired) electrons. The normalized spacial score (nSPS) is 10.9. The topological polar surface area (TPSA) is 105 Å². The second-order valence-electron chi connectivity index (χ2n) is 7.24. The third kappa shape index (κ3) is 7.03. The Morgan fingerprint density at radius 3 is 1.77 bits per heavy atom. The van der Waals surface area contributed by atoms with Crippen LogP contribution in [0, 0.1) is 0 Å². The number of benzene rings is 3. The molecule has 4 aromatic rings. The molecule has 9 nitrogen and oxygen atoms in total. The van der Waals surface area contributed by atoms with Crippen molar-refractivity contribution in [2.75, 3.05) is 30.4 Å². The fourth-order valence-electron chi connectivity index (χ4n) is 3.01. The minimum atomic E-state index is 0.304. The fraction of sp³-hybridized carbons (Fsp3) is 0.0769. The van der Waals surface area contributed by atoms with Gasteiger partial charge in [-0.3, -0.25) is 5.43 Å². The molecule has 0 saturated carbocycles. The zero-order chi connectivity index (χ0) is 24.3. The van der Waals surface area contributed by atoms with E-state index in [9.17, 15) is 0 Å². The van der Waals surface area contributed by atoms with Crippen LogP contribution >= 0.6 is 0 Å². The molecule has 3 aromatic carbocycles. The molecule has 0 saturated heterocycles. The summed E-state index contributed by atoms with van der Waals surface area (Å²) in [5.74, 6) is 2.94. The van der Waals surface area contributed by atoms with Gasteiger partial charge in [-0.15, -0.1) is 0 Å². The van der Waals surface area contributed by atoms with Crippen LogP contribution in [0.25, 0.3) is 0 Å². The van der Waals surface area contributed by atoms with Crippen LogP contribution in [0.3, 0.4) is 0 Å². The fourth-order valence-corrected chi connectivity index (χ4v) is 3.01. The number of ether oxygens (including phenoxy) is 2. The van der Waals surface area contributed by atoms with Crippen molar-refractivity contribution in [3.8, 4) is 11.5 Å². The molecule has 0 aliphatic carbocycles. The maximum atomic E-state index is 5.18. The third-order valence-corrected chi connectivity index (χ3v) is 4.77. The van der Waals surface area contributed by atoms with Crippen molar-refractivity contribution in [2.24, 2.45) is 10.2 Å². The number of methoxy groups -OCH3 is 2. The van der Waals surface area contributed by atoms with E-state index in [0.29, 0.717) is 17.6 Å². The van der Waals surface area contributed by atoms with Gasteiger partial charge in [0.25, 0.3) is 0 Å². The summed E-state index contributed by atoms with van der Waals surface area (Å²) >= 11 is 0. The molecule has 3 N–H and O–H groups in total. The van der Waals surface area contributed by atoms with Gasteiger partial charge in [-0.05, 0) is 71.8 Å². The van der Waals surface area contributed by atoms with Gasteiger partial charge in [-0.2, -0.15) is 20.2 Å². The second-order valence-corrected chi connectivity index (χ2v) is 7.24. The molecule has 35 heavy (non-hydrogen) atoms. The van der Waals surface area contributed by atoms with E-state index in [-0.39, 0.29) is 0 Å². The number of nitrogens with zero attached hydrogens (tertiary/aromatic N) is 4. The minimum Gasteiger partial charge on any atom is -0.497 e. The molecular formula is C26H25N7O2. The Labute approximate surface area is 203 Å². The molecule has 0 aliphatic rings. The number of nitrogens with one attached hydrogen (secondary N) is 3. The number of aromatic nitrogens is 2. The van der Waals surface area contributed by atoms with Crippen LogP contribution in [0.1, 0.15) is 11.1 Å². The summed E-state index contributed by atoms with van der Waals surface area (Å²) in [6, 6.07) is 26.6. The minimum absolute atomic E-state index is 0.304. The monoisotopic (exact) mass is 467 g/mol. The highest BCUT2D eigenvalue weighted by Gasteiger charge is 2.05. The first kappa shape index (κ1) is 23.2. The van der Waals surface area contributed by atoms with E-state index in [1.54, 1.807) is 32.7 Å². The lowest BCUT2D eigenvalue weighted by atomic mass is 10.2. The lowest BCUT2D eigenvalue weighted by Crippen LogP contribution is -2.04. The van der Waals surface area contributed by atoms with E-state index >= 15 is 0 Å². The Kier molecular flexibility index (Phi) is 7.84. The zero-order valence-electron chi connectivity index (χ0n) is 19.3. The average Bonchev–Trinajstić information content (AvgIpc) is 2.90. The molecule has 176 valence electrons. The third-order valence-electron chi connectivity index (χ3n) is 4.77. The predicted molar refractivity (Wildman–Crippen MR) is 140 cm³/mol. The van der Waals surface area contributed by atoms with Gasteiger partial charge in [0.15, 0.2) is 5.82 Å². The van der Waals surface area contributed by atoms with Gasteiger partial charge < -0.3 is 14.8 Å². The standard InChI is InChI=1S/C26H25N7O2/c1-34-22-12-8-19(9-13-22)17-27-32-25-16-24(29-21-6-4-3-5-7-21)30-26(31-25)33-28-18-20-10-14-23(35-2)15-11-20/h3-18H,1-2H3,(H3,29,30,31,32,33). The van der Waals surface area contributed by atoms with E-state index in [4.69, 9.17) is 9.47 Å². The number of anilines is 4. The Hall–Kier alpha value is -4.92. The van der Waals surface area contributed by atoms with E-state index in [1.807, 2.05) is 78.9 Å². The smallest absolute Gasteiger partial charge is 0.247 e. The first-order valence-electron chi connectivity index (χ1n) is 10.8. The highest BCUT2D eigenvalue weighted by Crippen LogP contribution is 2.19. The molecule has 1 heterocycles. The molecule has 0 atom stereocenters. The van der Waals surface area contributed by atoms with Gasteiger partial charge in [-0.1, -0.05) is 18.2 Å². The van der Waals surface area contributed by atoms with Gasteiger partial charge in [0.1, 0.15) is 17.3 Å². The van der Waals surface area contributed by atoms with Crippen molar-refractivity contribution in [1.82, 2.24) is 9.97 Å². The summed E-state index contributed by atoms with van der Waals surface area (Å²) in [5.41, 5.74) is 8.54. The molecule has 9 heteroatoms. The molecule has 0 amide bonds. The summed E-state index contributed by atoms with van der Waals surface area (Å²) in [6.45, 7) is 0. The molecule has 0 spiro atoms. The molecule has 0 unspecified atom stereocenters. The maximum absolute atomic E-state index is 5.18. The van der Waals surface area contributed by atoms with Crippen LogP contribution in [0.2, 0.25) is 0 Å². The van der Waals surface area contributed by atoms with Crippen molar-refractivity contribution in [1.29, 1.82) is 0 Å². The SMILES string of the molecule is COc1ccc(C=NNc2cc(Nc3ccccc3)nc(NN=Cc3ccc(OC)cc3)n2)cc1. The highest BCUT2D eigenvalue weighted by atomic mass is 16.5. The number of para-hydroxylation sites is 1. The van der Waals surface area contributed by atoms with Crippen LogP contribution in [-0.4, -0.2) is 36.6 Å². The number of hydrogen-bond acceptors (Lipinski definition) is 9. The van der Waals surface area contributed by atoms with Gasteiger partial charge >= 0.3 is 0 Å². The largest absolute Gasteiger partial charge is 0.497 e. The molecule has 1 aromatic heterocycles. The van der Waals surface area contributed by atoms with E-state index < -0.39 is 0 Å². The van der Waals surface area contributed by atoms with Crippen LogP contribution in [0.15, 0.2) is 95.1 Å². The van der Waals surface area contributed by atoms with Crippen molar-refractivity contribution in [3.05, 3.63) is 96.1 Å². The predicted octanol–water partition coefficient (Wildman–Crippen LogP) is 5.13. The molecule has 0 fully saturated rings. The quantitative estimate of drug-likeness (QED) is 0.219. The number of hydrazone groups is 2. The Bertz CT molecular complexity index is 1200. The first-order valence-corrected chi connectivity index (χ1v) is 10.8. The highest BCUT2D eigenvalue weighted by molar-refractivity contribution is 5.81. The van der Waals surface area contributed by atoms with Crippen molar-refractivity contribution in [3.63, 3.8) is 0 Å². The van der Waals surface area contributed by atoms with Crippen molar-refractivity contribution in [2.45, 2.75) is 0 Å². The van der Waals surface area contributed by atoms with Crippen LogP contribution in [0.5, 0.6) is 11.5 Å². The molecule has 0 aliphatic heterocycles. The summed E-state index contributed by atoms with van der Waals surface area (Å²) < 4.78 is 10.4. The Balaban J connectivity index is 1.49. The van der Waals surface area contributed by atoms with E-state index in [1.165, 1.54) is 0 Å².